The number of halogens is 1. The van der Waals surface area contributed by atoms with Gasteiger partial charge >= 0.3 is 11.9 Å². The number of nitrogens with zero attached hydrogens (tertiary/aromatic N) is 2. The number of aliphatic carboxylic acids is 2. The second-order valence-corrected chi connectivity index (χ2v) is 6.64. The van der Waals surface area contributed by atoms with Gasteiger partial charge in [0.05, 0.1) is 5.02 Å². The second kappa shape index (κ2) is 11.2. The van der Waals surface area contributed by atoms with Gasteiger partial charge in [-0.3, -0.25) is 0 Å². The van der Waals surface area contributed by atoms with Gasteiger partial charge in [0.2, 0.25) is 0 Å². The first-order valence-corrected chi connectivity index (χ1v) is 9.31. The molecule has 9 nitrogen and oxygen atoms in total. The molecule has 1 aromatic heterocycles. The predicted molar refractivity (Wildman–Crippen MR) is 107 cm³/mol. The Labute approximate surface area is 177 Å². The molecule has 30 heavy (non-hydrogen) atoms. The Morgan fingerprint density at radius 1 is 1.03 bits per heavy atom. The Morgan fingerprint density at radius 3 is 2.30 bits per heavy atom. The Morgan fingerprint density at radius 2 is 1.70 bits per heavy atom. The van der Waals surface area contributed by atoms with Gasteiger partial charge in [-0.25, -0.2) is 9.59 Å². The molecule has 3 rings (SSSR count). The van der Waals surface area contributed by atoms with E-state index in [2.05, 4.69) is 33.4 Å². The van der Waals surface area contributed by atoms with E-state index in [1.165, 1.54) is 11.1 Å². The molecule has 0 saturated carbocycles. The number of carbonyl (C=O) groups is 2. The van der Waals surface area contributed by atoms with Crippen LogP contribution < -0.4 is 5.32 Å². The van der Waals surface area contributed by atoms with Crippen LogP contribution in [0.5, 0.6) is 0 Å². The maximum atomic E-state index is 9.77. The minimum absolute atomic E-state index is 0.660. The normalized spacial score (nSPS) is 14.5. The van der Waals surface area contributed by atoms with Crippen LogP contribution in [0.15, 0.2) is 30.5 Å². The molecular weight excluding hydrogens is 414 g/mol. The highest BCUT2D eigenvalue weighted by atomic mass is 35.5. The molecule has 1 aromatic carbocycles. The molecule has 0 spiro atoms. The summed E-state index contributed by atoms with van der Waals surface area (Å²) in [5.74, 6) is 2.68. The fourth-order valence-corrected chi connectivity index (χ4v) is 2.87. The van der Waals surface area contributed by atoms with E-state index in [-0.39, 0.29) is 0 Å². The van der Waals surface area contributed by atoms with E-state index in [1.54, 1.807) is 6.20 Å². The molecule has 2 heterocycles. The largest absolute Gasteiger partial charge is 0.479 e. The number of hydrogen-bond acceptors (Lipinski definition) is 7. The number of hydrogen-bond donors (Lipinski definition) is 5. The summed E-state index contributed by atoms with van der Waals surface area (Å²) in [4.78, 5) is 19.5. The molecule has 2 aromatic rings. The highest BCUT2D eigenvalue weighted by Gasteiger charge is 2.29. The molecule has 10 heteroatoms. The first-order chi connectivity index (χ1) is 14.3. The van der Waals surface area contributed by atoms with Crippen molar-refractivity contribution in [2.24, 2.45) is 0 Å². The molecule has 0 amide bonds. The van der Waals surface area contributed by atoms with Gasteiger partial charge in [0, 0.05) is 11.8 Å². The standard InChI is InChI=1S/C16H14ClN3.C4H6O6/c17-16-6-3-12-7-10-18-11-8-14(12)15(16)5-4-13-2-1-9-19-20-13;5-1(3(7)8)2(6)4(9)10/h1-3,6,9,18H,7-8,10-11H2;1-2,5-6H,(H,7,8)(H,9,10)/t;1-,2-/m.1/s1. The number of benzene rings is 1. The zero-order valence-electron chi connectivity index (χ0n) is 15.7. The smallest absolute Gasteiger partial charge is 0.335 e. The van der Waals surface area contributed by atoms with Crippen LogP contribution in [0.3, 0.4) is 0 Å². The fourth-order valence-electron chi connectivity index (χ4n) is 2.64. The second-order valence-electron chi connectivity index (χ2n) is 6.24. The zero-order chi connectivity index (χ0) is 22.1. The molecule has 0 bridgehead atoms. The third-order valence-corrected chi connectivity index (χ3v) is 4.49. The summed E-state index contributed by atoms with van der Waals surface area (Å²) in [6.45, 7) is 1.97. The number of carboxylic acid groups (broad SMARTS) is 2. The molecule has 0 aliphatic carbocycles. The van der Waals surface area contributed by atoms with Gasteiger partial charge in [-0.1, -0.05) is 23.6 Å². The third kappa shape index (κ3) is 6.50. The summed E-state index contributed by atoms with van der Waals surface area (Å²) < 4.78 is 0. The predicted octanol–water partition coefficient (Wildman–Crippen LogP) is 0.0954. The number of aliphatic hydroxyl groups is 2. The lowest BCUT2D eigenvalue weighted by Crippen LogP contribution is -2.39. The molecule has 0 fully saturated rings. The van der Waals surface area contributed by atoms with Gasteiger partial charge in [-0.05, 0) is 61.2 Å². The van der Waals surface area contributed by atoms with Gasteiger partial charge < -0.3 is 25.7 Å². The van der Waals surface area contributed by atoms with Crippen molar-refractivity contribution >= 4 is 23.5 Å². The number of nitrogens with one attached hydrogen (secondary N) is 1. The van der Waals surface area contributed by atoms with Crippen LogP contribution in [-0.4, -0.2) is 67.9 Å². The maximum absolute atomic E-state index is 9.77. The Bertz CT molecular complexity index is 940. The summed E-state index contributed by atoms with van der Waals surface area (Å²) in [6, 6.07) is 7.72. The Kier molecular flexibility index (Phi) is 8.70. The molecule has 0 radical (unpaired) electrons. The fraction of sp³-hybridized carbons (Fsp3) is 0.300. The SMILES string of the molecule is Clc1ccc2c(c1C#Cc1cccnn1)CCNCC2.O=C(O)[C@H](O)[C@@H](O)C(=O)O. The van der Waals surface area contributed by atoms with Crippen LogP contribution >= 0.6 is 11.6 Å². The van der Waals surface area contributed by atoms with Crippen molar-refractivity contribution in [3.63, 3.8) is 0 Å². The highest BCUT2D eigenvalue weighted by molar-refractivity contribution is 6.31. The Hall–Kier alpha value is -3.03. The zero-order valence-corrected chi connectivity index (χ0v) is 16.5. The Balaban J connectivity index is 0.000000274. The van der Waals surface area contributed by atoms with Crippen molar-refractivity contribution in [2.75, 3.05) is 13.1 Å². The monoisotopic (exact) mass is 433 g/mol. The van der Waals surface area contributed by atoms with Crippen molar-refractivity contribution in [2.45, 2.75) is 25.0 Å². The van der Waals surface area contributed by atoms with E-state index in [4.69, 9.17) is 32.0 Å². The number of rotatable bonds is 3. The lowest BCUT2D eigenvalue weighted by atomic mass is 9.97. The number of fused-ring (bicyclic) bond motifs is 1. The van der Waals surface area contributed by atoms with Crippen LogP contribution in [0.4, 0.5) is 0 Å². The van der Waals surface area contributed by atoms with Crippen molar-refractivity contribution in [3.8, 4) is 11.8 Å². The van der Waals surface area contributed by atoms with Gasteiger partial charge in [0.1, 0.15) is 5.69 Å². The summed E-state index contributed by atoms with van der Waals surface area (Å²) in [7, 11) is 0. The van der Waals surface area contributed by atoms with E-state index < -0.39 is 24.1 Å². The first-order valence-electron chi connectivity index (χ1n) is 8.93. The molecule has 0 unspecified atom stereocenters. The van der Waals surface area contributed by atoms with Crippen LogP contribution in [0.25, 0.3) is 0 Å². The van der Waals surface area contributed by atoms with Crippen LogP contribution in [0.2, 0.25) is 5.02 Å². The maximum Gasteiger partial charge on any atom is 0.335 e. The number of aliphatic hydroxyl groups excluding tert-OH is 2. The highest BCUT2D eigenvalue weighted by Crippen LogP contribution is 2.25. The molecule has 5 N–H and O–H groups in total. The van der Waals surface area contributed by atoms with Crippen LogP contribution in [0.1, 0.15) is 22.4 Å². The van der Waals surface area contributed by atoms with Gasteiger partial charge in [-0.15, -0.1) is 5.10 Å². The lowest BCUT2D eigenvalue weighted by Gasteiger charge is -2.09. The minimum atomic E-state index is -2.27. The molecule has 2 atom stereocenters. The first kappa shape index (κ1) is 23.3. The van der Waals surface area contributed by atoms with Gasteiger partial charge in [-0.2, -0.15) is 5.10 Å². The number of carboxylic acids is 2. The summed E-state index contributed by atoms with van der Waals surface area (Å²) in [6.07, 6.45) is -0.916. The summed E-state index contributed by atoms with van der Waals surface area (Å²) >= 11 is 6.32. The van der Waals surface area contributed by atoms with E-state index in [0.717, 1.165) is 31.5 Å². The lowest BCUT2D eigenvalue weighted by molar-refractivity contribution is -0.165. The summed E-state index contributed by atoms with van der Waals surface area (Å²) in [5.41, 5.74) is 4.19. The average Bonchev–Trinajstić information content (AvgIpc) is 2.98. The van der Waals surface area contributed by atoms with Crippen LogP contribution in [0, 0.1) is 11.8 Å². The quantitative estimate of drug-likeness (QED) is 0.424. The van der Waals surface area contributed by atoms with Crippen molar-refractivity contribution < 1.29 is 30.0 Å². The minimum Gasteiger partial charge on any atom is -0.479 e. The molecule has 1 aliphatic rings. The summed E-state index contributed by atoms with van der Waals surface area (Å²) in [5, 5.41) is 44.4. The van der Waals surface area contributed by atoms with Gasteiger partial charge in [0.15, 0.2) is 12.2 Å². The van der Waals surface area contributed by atoms with Crippen LogP contribution in [-0.2, 0) is 22.4 Å². The number of aromatic nitrogens is 2. The van der Waals surface area contributed by atoms with Crippen molar-refractivity contribution in [3.05, 3.63) is 57.9 Å². The van der Waals surface area contributed by atoms with E-state index in [9.17, 15) is 9.59 Å². The molecule has 158 valence electrons. The van der Waals surface area contributed by atoms with Gasteiger partial charge in [0.25, 0.3) is 0 Å². The molecule has 0 saturated heterocycles. The molecule has 1 aliphatic heterocycles. The topological polar surface area (TPSA) is 153 Å². The average molecular weight is 434 g/mol. The van der Waals surface area contributed by atoms with E-state index >= 15 is 0 Å². The molecular formula is C20H20ClN3O6. The third-order valence-electron chi connectivity index (χ3n) is 4.17. The van der Waals surface area contributed by atoms with E-state index in [1.807, 2.05) is 18.2 Å². The van der Waals surface area contributed by atoms with Crippen molar-refractivity contribution in [1.82, 2.24) is 15.5 Å². The van der Waals surface area contributed by atoms with Crippen molar-refractivity contribution in [1.29, 1.82) is 0 Å². The van der Waals surface area contributed by atoms with E-state index in [0.29, 0.717) is 10.7 Å².